The van der Waals surface area contributed by atoms with Gasteiger partial charge in [-0.2, -0.15) is 5.10 Å². The number of benzene rings is 1. The number of carboxylic acids is 1. The van der Waals surface area contributed by atoms with Gasteiger partial charge in [0.2, 0.25) is 0 Å². The standard InChI is InChI=1S/C12H12N2O3/c15-7-6-14-11(12(16)17)8-10(13-14)9-4-2-1-3-5-9/h1-5,8,15H,6-7H2,(H,16,17). The Morgan fingerprint density at radius 2 is 2.00 bits per heavy atom. The molecule has 0 saturated carbocycles. The first-order valence-corrected chi connectivity index (χ1v) is 5.20. The SMILES string of the molecule is O=C(O)c1cc(-c2ccccc2)nn1CCO. The summed E-state index contributed by atoms with van der Waals surface area (Å²) in [6.07, 6.45) is 0. The van der Waals surface area contributed by atoms with Crippen LogP contribution in [0.2, 0.25) is 0 Å². The Kier molecular flexibility index (Phi) is 3.20. The first-order valence-electron chi connectivity index (χ1n) is 5.20. The molecule has 2 N–H and O–H groups in total. The zero-order valence-electron chi connectivity index (χ0n) is 9.08. The smallest absolute Gasteiger partial charge is 0.354 e. The molecule has 0 radical (unpaired) electrons. The van der Waals surface area contributed by atoms with E-state index in [-0.39, 0.29) is 18.8 Å². The predicted molar refractivity (Wildman–Crippen MR) is 61.7 cm³/mol. The molecule has 2 aromatic rings. The molecule has 0 atom stereocenters. The summed E-state index contributed by atoms with van der Waals surface area (Å²) in [6.45, 7) is 0.0324. The molecule has 0 aliphatic rings. The van der Waals surface area contributed by atoms with Crippen LogP contribution < -0.4 is 0 Å². The van der Waals surface area contributed by atoms with Crippen LogP contribution in [0, 0.1) is 0 Å². The third kappa shape index (κ3) is 2.34. The first kappa shape index (κ1) is 11.3. The second-order valence-corrected chi connectivity index (χ2v) is 3.53. The molecule has 0 aliphatic heterocycles. The van der Waals surface area contributed by atoms with Crippen molar-refractivity contribution in [3.05, 3.63) is 42.1 Å². The van der Waals surface area contributed by atoms with Crippen LogP contribution in [0.5, 0.6) is 0 Å². The van der Waals surface area contributed by atoms with Crippen LogP contribution in [0.1, 0.15) is 10.5 Å². The Labute approximate surface area is 97.9 Å². The van der Waals surface area contributed by atoms with Crippen LogP contribution in [0.15, 0.2) is 36.4 Å². The second kappa shape index (κ2) is 4.80. The Morgan fingerprint density at radius 3 is 2.59 bits per heavy atom. The fraction of sp³-hybridized carbons (Fsp3) is 0.167. The number of hydrogen-bond acceptors (Lipinski definition) is 3. The van der Waals surface area contributed by atoms with Gasteiger partial charge >= 0.3 is 5.97 Å². The van der Waals surface area contributed by atoms with E-state index in [9.17, 15) is 4.79 Å². The summed E-state index contributed by atoms with van der Waals surface area (Å²) < 4.78 is 1.30. The molecular formula is C12H12N2O3. The van der Waals surface area contributed by atoms with Crippen molar-refractivity contribution in [1.82, 2.24) is 9.78 Å². The number of aromatic carboxylic acids is 1. The van der Waals surface area contributed by atoms with Crippen molar-refractivity contribution in [3.8, 4) is 11.3 Å². The van der Waals surface area contributed by atoms with E-state index in [1.165, 1.54) is 10.7 Å². The summed E-state index contributed by atoms with van der Waals surface area (Å²) in [5.41, 5.74) is 1.53. The van der Waals surface area contributed by atoms with Gasteiger partial charge in [0.05, 0.1) is 18.8 Å². The number of carboxylic acid groups (broad SMARTS) is 1. The van der Waals surface area contributed by atoms with Crippen LogP contribution in [0.4, 0.5) is 0 Å². The molecule has 5 heteroatoms. The molecule has 0 unspecified atom stereocenters. The molecule has 0 fully saturated rings. The second-order valence-electron chi connectivity index (χ2n) is 3.53. The van der Waals surface area contributed by atoms with E-state index in [2.05, 4.69) is 5.10 Å². The van der Waals surface area contributed by atoms with E-state index >= 15 is 0 Å². The summed E-state index contributed by atoms with van der Waals surface area (Å²) >= 11 is 0. The monoisotopic (exact) mass is 232 g/mol. The molecule has 88 valence electrons. The topological polar surface area (TPSA) is 75.3 Å². The van der Waals surface area contributed by atoms with E-state index in [1.807, 2.05) is 30.3 Å². The number of aromatic nitrogens is 2. The molecule has 0 spiro atoms. The fourth-order valence-corrected chi connectivity index (χ4v) is 1.60. The van der Waals surface area contributed by atoms with Crippen LogP contribution in [-0.2, 0) is 6.54 Å². The van der Waals surface area contributed by atoms with Crippen LogP contribution >= 0.6 is 0 Å². The lowest BCUT2D eigenvalue weighted by molar-refractivity contribution is 0.0681. The molecular weight excluding hydrogens is 220 g/mol. The minimum Gasteiger partial charge on any atom is -0.477 e. The summed E-state index contributed by atoms with van der Waals surface area (Å²) in [6, 6.07) is 10.8. The van der Waals surface area contributed by atoms with Crippen molar-refractivity contribution in [2.75, 3.05) is 6.61 Å². The van der Waals surface area contributed by atoms with E-state index in [1.54, 1.807) is 0 Å². The Balaban J connectivity index is 2.44. The quantitative estimate of drug-likeness (QED) is 0.831. The Hall–Kier alpha value is -2.14. The highest BCUT2D eigenvalue weighted by atomic mass is 16.4. The number of aliphatic hydroxyl groups is 1. The van der Waals surface area contributed by atoms with Crippen molar-refractivity contribution < 1.29 is 15.0 Å². The van der Waals surface area contributed by atoms with Gasteiger partial charge in [-0.1, -0.05) is 30.3 Å². The lowest BCUT2D eigenvalue weighted by Gasteiger charge is -2.00. The van der Waals surface area contributed by atoms with Crippen molar-refractivity contribution in [3.63, 3.8) is 0 Å². The van der Waals surface area contributed by atoms with Crippen molar-refractivity contribution >= 4 is 5.97 Å². The summed E-state index contributed by atoms with van der Waals surface area (Å²) in [5.74, 6) is -1.05. The highest BCUT2D eigenvalue weighted by molar-refractivity contribution is 5.87. The number of aliphatic hydroxyl groups excluding tert-OH is 1. The maximum absolute atomic E-state index is 11.0. The lowest BCUT2D eigenvalue weighted by atomic mass is 10.1. The molecule has 0 amide bonds. The number of carbonyl (C=O) groups is 1. The van der Waals surface area contributed by atoms with Gasteiger partial charge in [0.15, 0.2) is 0 Å². The fourth-order valence-electron chi connectivity index (χ4n) is 1.60. The minimum absolute atomic E-state index is 0.0814. The van der Waals surface area contributed by atoms with Crippen molar-refractivity contribution in [1.29, 1.82) is 0 Å². The minimum atomic E-state index is -1.05. The third-order valence-electron chi connectivity index (χ3n) is 2.38. The third-order valence-corrected chi connectivity index (χ3v) is 2.38. The van der Waals surface area contributed by atoms with E-state index in [0.29, 0.717) is 5.69 Å². The molecule has 0 aliphatic carbocycles. The van der Waals surface area contributed by atoms with Gasteiger partial charge in [0.25, 0.3) is 0 Å². The Bertz CT molecular complexity index is 520. The predicted octanol–water partition coefficient (Wildman–Crippen LogP) is 1.24. The van der Waals surface area contributed by atoms with Crippen LogP contribution in [0.3, 0.4) is 0 Å². The number of hydrogen-bond donors (Lipinski definition) is 2. The molecule has 1 aromatic carbocycles. The maximum Gasteiger partial charge on any atom is 0.354 e. The van der Waals surface area contributed by atoms with Gasteiger partial charge in [-0.3, -0.25) is 4.68 Å². The number of nitrogens with zero attached hydrogens (tertiary/aromatic N) is 2. The highest BCUT2D eigenvalue weighted by Gasteiger charge is 2.14. The maximum atomic E-state index is 11.0. The molecule has 5 nitrogen and oxygen atoms in total. The van der Waals surface area contributed by atoms with E-state index in [4.69, 9.17) is 10.2 Å². The average Bonchev–Trinajstić information content (AvgIpc) is 2.75. The zero-order chi connectivity index (χ0) is 12.3. The van der Waals surface area contributed by atoms with Crippen LogP contribution in [-0.4, -0.2) is 32.6 Å². The normalized spacial score (nSPS) is 10.4. The van der Waals surface area contributed by atoms with Crippen molar-refractivity contribution in [2.24, 2.45) is 0 Å². The molecule has 0 saturated heterocycles. The summed E-state index contributed by atoms with van der Waals surface area (Å²) in [7, 11) is 0. The van der Waals surface area contributed by atoms with E-state index in [0.717, 1.165) is 5.56 Å². The van der Waals surface area contributed by atoms with Crippen molar-refractivity contribution in [2.45, 2.75) is 6.54 Å². The van der Waals surface area contributed by atoms with Crippen LogP contribution in [0.25, 0.3) is 11.3 Å². The zero-order valence-corrected chi connectivity index (χ0v) is 9.08. The average molecular weight is 232 g/mol. The van der Waals surface area contributed by atoms with Gasteiger partial charge in [0, 0.05) is 5.56 Å². The molecule has 2 rings (SSSR count). The largest absolute Gasteiger partial charge is 0.477 e. The molecule has 17 heavy (non-hydrogen) atoms. The Morgan fingerprint density at radius 1 is 1.29 bits per heavy atom. The molecule has 1 aromatic heterocycles. The summed E-state index contributed by atoms with van der Waals surface area (Å²) in [5, 5.41) is 22.0. The van der Waals surface area contributed by atoms with Gasteiger partial charge in [-0.25, -0.2) is 4.79 Å². The summed E-state index contributed by atoms with van der Waals surface area (Å²) in [4.78, 5) is 11.0. The number of rotatable bonds is 4. The van der Waals surface area contributed by atoms with Gasteiger partial charge in [-0.05, 0) is 6.07 Å². The first-order chi connectivity index (χ1) is 8.22. The van der Waals surface area contributed by atoms with E-state index < -0.39 is 5.97 Å². The van der Waals surface area contributed by atoms with Gasteiger partial charge in [0.1, 0.15) is 5.69 Å². The lowest BCUT2D eigenvalue weighted by Crippen LogP contribution is -2.12. The van der Waals surface area contributed by atoms with Gasteiger partial charge < -0.3 is 10.2 Å². The molecule has 0 bridgehead atoms. The highest BCUT2D eigenvalue weighted by Crippen LogP contribution is 2.18. The molecule has 1 heterocycles. The van der Waals surface area contributed by atoms with Gasteiger partial charge in [-0.15, -0.1) is 0 Å².